The maximum atomic E-state index is 5.60. The first-order chi connectivity index (χ1) is 10.2. The van der Waals surface area contributed by atoms with Crippen molar-refractivity contribution >= 4 is 11.8 Å². The van der Waals surface area contributed by atoms with Crippen molar-refractivity contribution in [2.75, 3.05) is 19.4 Å². The molecule has 7 heteroatoms. The van der Waals surface area contributed by atoms with Crippen LogP contribution in [0.3, 0.4) is 0 Å². The summed E-state index contributed by atoms with van der Waals surface area (Å²) in [7, 11) is 3.80. The normalized spacial score (nSPS) is 12.3. The Morgan fingerprint density at radius 2 is 2.10 bits per heavy atom. The number of thioether (sulfide) groups is 1. The van der Waals surface area contributed by atoms with E-state index in [1.54, 1.807) is 16.4 Å². The van der Waals surface area contributed by atoms with Gasteiger partial charge in [0.2, 0.25) is 5.16 Å². The molecule has 1 atom stereocenters. The molecule has 0 fully saturated rings. The summed E-state index contributed by atoms with van der Waals surface area (Å²) >= 11 is 1.63. The van der Waals surface area contributed by atoms with Crippen molar-refractivity contribution in [1.82, 2.24) is 25.5 Å². The van der Waals surface area contributed by atoms with Gasteiger partial charge in [-0.25, -0.2) is 4.68 Å². The predicted octanol–water partition coefficient (Wildman–Crippen LogP) is 2.05. The van der Waals surface area contributed by atoms with E-state index < -0.39 is 0 Å². The summed E-state index contributed by atoms with van der Waals surface area (Å²) < 4.78 is 7.28. The Kier molecular flexibility index (Phi) is 6.01. The van der Waals surface area contributed by atoms with Gasteiger partial charge in [-0.05, 0) is 41.6 Å². The van der Waals surface area contributed by atoms with Crippen molar-refractivity contribution in [3.05, 3.63) is 29.8 Å². The monoisotopic (exact) mass is 307 g/mol. The van der Waals surface area contributed by atoms with Crippen molar-refractivity contribution in [1.29, 1.82) is 0 Å². The van der Waals surface area contributed by atoms with Crippen LogP contribution in [0.4, 0.5) is 0 Å². The molecule has 1 unspecified atom stereocenters. The van der Waals surface area contributed by atoms with Gasteiger partial charge in [-0.2, -0.15) is 0 Å². The minimum absolute atomic E-state index is 0.243. The number of ether oxygens (including phenoxy) is 1. The van der Waals surface area contributed by atoms with E-state index >= 15 is 0 Å². The zero-order valence-electron chi connectivity index (χ0n) is 12.6. The van der Waals surface area contributed by atoms with E-state index in [0.29, 0.717) is 0 Å². The van der Waals surface area contributed by atoms with Crippen LogP contribution in [0.15, 0.2) is 29.4 Å². The molecule has 0 bridgehead atoms. The molecule has 0 aliphatic carbocycles. The molecule has 6 nitrogen and oxygen atoms in total. The molecule has 0 saturated carbocycles. The molecule has 0 aliphatic rings. The lowest BCUT2D eigenvalue weighted by Crippen LogP contribution is -2.19. The average Bonchev–Trinajstić information content (AvgIpc) is 2.92. The van der Waals surface area contributed by atoms with E-state index in [9.17, 15) is 0 Å². The second-order valence-electron chi connectivity index (χ2n) is 4.65. The number of nitrogens with one attached hydrogen (secondary N) is 1. The molecule has 0 aliphatic heterocycles. The fraction of sp³-hybridized carbons (Fsp3) is 0.500. The Labute approximate surface area is 129 Å². The molecule has 1 heterocycles. The van der Waals surface area contributed by atoms with E-state index in [2.05, 4.69) is 39.9 Å². The fourth-order valence-electron chi connectivity index (χ4n) is 1.86. The van der Waals surface area contributed by atoms with Crippen LogP contribution in [0.25, 0.3) is 0 Å². The summed E-state index contributed by atoms with van der Waals surface area (Å²) in [5.74, 6) is 1.78. The molecule has 114 valence electrons. The van der Waals surface area contributed by atoms with Crippen molar-refractivity contribution < 1.29 is 4.74 Å². The number of rotatable bonds is 8. The Bertz CT molecular complexity index is 543. The van der Waals surface area contributed by atoms with Crippen molar-refractivity contribution in [2.45, 2.75) is 24.5 Å². The molecule has 21 heavy (non-hydrogen) atoms. The highest BCUT2D eigenvalue weighted by Gasteiger charge is 2.12. The SMILES string of the molecule is CCCOc1ccc(C(CSc2nnnn2C)NC)cc1. The first kappa shape index (κ1) is 15.8. The van der Waals surface area contributed by atoms with Gasteiger partial charge < -0.3 is 10.1 Å². The molecule has 0 amide bonds. The van der Waals surface area contributed by atoms with Gasteiger partial charge in [-0.1, -0.05) is 30.8 Å². The van der Waals surface area contributed by atoms with Gasteiger partial charge in [0.25, 0.3) is 0 Å². The number of hydrogen-bond donors (Lipinski definition) is 1. The smallest absolute Gasteiger partial charge is 0.209 e. The summed E-state index contributed by atoms with van der Waals surface area (Å²) in [6.45, 7) is 2.85. The van der Waals surface area contributed by atoms with Gasteiger partial charge >= 0.3 is 0 Å². The number of aryl methyl sites for hydroxylation is 1. The lowest BCUT2D eigenvalue weighted by Gasteiger charge is -2.16. The molecule has 0 saturated heterocycles. The summed E-state index contributed by atoms with van der Waals surface area (Å²) in [6, 6.07) is 8.48. The Balaban J connectivity index is 1.95. The number of aromatic nitrogens is 4. The highest BCUT2D eigenvalue weighted by molar-refractivity contribution is 7.99. The van der Waals surface area contributed by atoms with Crippen LogP contribution in [0.2, 0.25) is 0 Å². The third-order valence-electron chi connectivity index (χ3n) is 3.06. The van der Waals surface area contributed by atoms with Crippen LogP contribution in [0, 0.1) is 0 Å². The summed E-state index contributed by atoms with van der Waals surface area (Å²) in [6.07, 6.45) is 1.02. The molecule has 1 aromatic carbocycles. The first-order valence-electron chi connectivity index (χ1n) is 6.99. The van der Waals surface area contributed by atoms with Crippen LogP contribution in [0.5, 0.6) is 5.75 Å². The molecule has 2 rings (SSSR count). The van der Waals surface area contributed by atoms with E-state index in [0.717, 1.165) is 29.7 Å². The summed E-state index contributed by atoms with van der Waals surface area (Å²) in [4.78, 5) is 0. The maximum absolute atomic E-state index is 5.60. The van der Waals surface area contributed by atoms with Gasteiger partial charge in [0.15, 0.2) is 0 Å². The quantitative estimate of drug-likeness (QED) is 0.753. The molecular formula is C14H21N5OS. The van der Waals surface area contributed by atoms with E-state index in [4.69, 9.17) is 4.74 Å². The lowest BCUT2D eigenvalue weighted by atomic mass is 10.1. The molecular weight excluding hydrogens is 286 g/mol. The molecule has 2 aromatic rings. The van der Waals surface area contributed by atoms with Crippen LogP contribution >= 0.6 is 11.8 Å². The first-order valence-corrected chi connectivity index (χ1v) is 7.98. The highest BCUT2D eigenvalue weighted by atomic mass is 32.2. The summed E-state index contributed by atoms with van der Waals surface area (Å²) in [5, 5.41) is 15.6. The third-order valence-corrected chi connectivity index (χ3v) is 4.17. The Hall–Kier alpha value is -1.60. The van der Waals surface area contributed by atoms with Gasteiger partial charge in [0.1, 0.15) is 5.75 Å². The fourth-order valence-corrected chi connectivity index (χ4v) is 2.86. The number of hydrogen-bond acceptors (Lipinski definition) is 6. The largest absolute Gasteiger partial charge is 0.494 e. The number of nitrogens with zero attached hydrogens (tertiary/aromatic N) is 4. The topological polar surface area (TPSA) is 64.9 Å². The second-order valence-corrected chi connectivity index (χ2v) is 5.64. The third kappa shape index (κ3) is 4.44. The number of tetrazole rings is 1. The van der Waals surface area contributed by atoms with Crippen LogP contribution in [-0.4, -0.2) is 39.6 Å². The Morgan fingerprint density at radius 3 is 2.67 bits per heavy atom. The molecule has 1 aromatic heterocycles. The Morgan fingerprint density at radius 1 is 1.33 bits per heavy atom. The van der Waals surface area contributed by atoms with Gasteiger partial charge in [0.05, 0.1) is 6.61 Å². The van der Waals surface area contributed by atoms with Crippen LogP contribution < -0.4 is 10.1 Å². The van der Waals surface area contributed by atoms with Crippen molar-refractivity contribution in [2.24, 2.45) is 7.05 Å². The van der Waals surface area contributed by atoms with Gasteiger partial charge in [-0.15, -0.1) is 5.10 Å². The van der Waals surface area contributed by atoms with Gasteiger partial charge in [0, 0.05) is 18.8 Å². The van der Waals surface area contributed by atoms with E-state index in [1.165, 1.54) is 5.56 Å². The van der Waals surface area contributed by atoms with Crippen LogP contribution in [0.1, 0.15) is 24.9 Å². The molecule has 0 spiro atoms. The average molecular weight is 307 g/mol. The number of benzene rings is 1. The standard InChI is InChI=1S/C14H21N5OS/c1-4-9-20-12-7-5-11(6-8-12)13(15-2)10-21-14-16-17-18-19(14)3/h5-8,13,15H,4,9-10H2,1-3H3. The van der Waals surface area contributed by atoms with Gasteiger partial charge in [-0.3, -0.25) is 0 Å². The minimum Gasteiger partial charge on any atom is -0.494 e. The van der Waals surface area contributed by atoms with Crippen LogP contribution in [-0.2, 0) is 7.05 Å². The van der Waals surface area contributed by atoms with E-state index in [1.807, 2.05) is 26.2 Å². The second kappa shape index (κ2) is 7.99. The highest BCUT2D eigenvalue weighted by Crippen LogP contribution is 2.24. The minimum atomic E-state index is 0.243. The van der Waals surface area contributed by atoms with Crippen molar-refractivity contribution in [3.63, 3.8) is 0 Å². The summed E-state index contributed by atoms with van der Waals surface area (Å²) in [5.41, 5.74) is 1.23. The predicted molar refractivity (Wildman–Crippen MR) is 83.6 cm³/mol. The molecule has 0 radical (unpaired) electrons. The van der Waals surface area contributed by atoms with E-state index in [-0.39, 0.29) is 6.04 Å². The zero-order chi connectivity index (χ0) is 15.1. The van der Waals surface area contributed by atoms with Crippen molar-refractivity contribution in [3.8, 4) is 5.75 Å². The maximum Gasteiger partial charge on any atom is 0.209 e. The molecule has 1 N–H and O–H groups in total. The zero-order valence-corrected chi connectivity index (χ0v) is 13.4. The lowest BCUT2D eigenvalue weighted by molar-refractivity contribution is 0.317.